The van der Waals surface area contributed by atoms with Crippen LogP contribution >= 0.6 is 23.2 Å². The fraction of sp³-hybridized carbons (Fsp3) is 0.333. The number of hydrogen-bond acceptors (Lipinski definition) is 1. The molecule has 0 aromatic heterocycles. The van der Waals surface area contributed by atoms with E-state index in [0.29, 0.717) is 4.49 Å². The van der Waals surface area contributed by atoms with E-state index >= 15 is 0 Å². The Balaban J connectivity index is 3.06. The van der Waals surface area contributed by atoms with E-state index in [1.54, 1.807) is 7.11 Å². The largest absolute Gasteiger partial charge is 0.496 e. The topological polar surface area (TPSA) is 9.23 Å². The van der Waals surface area contributed by atoms with E-state index < -0.39 is 0 Å². The standard InChI is InChI=1S/C12H14Cl2O/c1-3-9(8-12(13)14)10-6-4-5-7-11(10)15-2/h4-9H,3H2,1-2H3. The lowest BCUT2D eigenvalue weighted by molar-refractivity contribution is 0.407. The highest BCUT2D eigenvalue weighted by Gasteiger charge is 2.11. The number of ether oxygens (including phenoxy) is 1. The molecule has 0 spiro atoms. The highest BCUT2D eigenvalue weighted by molar-refractivity contribution is 6.55. The minimum absolute atomic E-state index is 0.200. The predicted molar refractivity (Wildman–Crippen MR) is 65.8 cm³/mol. The van der Waals surface area contributed by atoms with Crippen LogP contribution in [0.5, 0.6) is 5.75 Å². The second-order valence-electron chi connectivity index (χ2n) is 3.21. The highest BCUT2D eigenvalue weighted by Crippen LogP contribution is 2.31. The van der Waals surface area contributed by atoms with E-state index in [4.69, 9.17) is 27.9 Å². The van der Waals surface area contributed by atoms with Gasteiger partial charge in [0.15, 0.2) is 0 Å². The molecule has 0 heterocycles. The third-order valence-corrected chi connectivity index (χ3v) is 2.56. The SMILES string of the molecule is CCC(C=C(Cl)Cl)c1ccccc1OC. The van der Waals surface area contributed by atoms with Crippen LogP contribution in [0.15, 0.2) is 34.8 Å². The number of methoxy groups -OCH3 is 1. The molecule has 0 radical (unpaired) electrons. The number of rotatable bonds is 4. The molecule has 0 aliphatic carbocycles. The van der Waals surface area contributed by atoms with Gasteiger partial charge in [-0.05, 0) is 18.6 Å². The molecule has 0 fully saturated rings. The Morgan fingerprint density at radius 1 is 1.40 bits per heavy atom. The van der Waals surface area contributed by atoms with Crippen LogP contribution in [0.4, 0.5) is 0 Å². The summed E-state index contributed by atoms with van der Waals surface area (Å²) in [4.78, 5) is 0. The van der Waals surface area contributed by atoms with Gasteiger partial charge in [0.05, 0.1) is 7.11 Å². The zero-order chi connectivity index (χ0) is 11.3. The smallest absolute Gasteiger partial charge is 0.122 e. The van der Waals surface area contributed by atoms with Gasteiger partial charge in [-0.15, -0.1) is 0 Å². The van der Waals surface area contributed by atoms with Crippen molar-refractivity contribution in [3.63, 3.8) is 0 Å². The van der Waals surface area contributed by atoms with Gasteiger partial charge in [-0.25, -0.2) is 0 Å². The lowest BCUT2D eigenvalue weighted by Gasteiger charge is -2.14. The van der Waals surface area contributed by atoms with Gasteiger partial charge >= 0.3 is 0 Å². The fourth-order valence-corrected chi connectivity index (χ4v) is 1.86. The van der Waals surface area contributed by atoms with Gasteiger partial charge in [0.2, 0.25) is 0 Å². The van der Waals surface area contributed by atoms with Crippen molar-refractivity contribution in [2.24, 2.45) is 0 Å². The van der Waals surface area contributed by atoms with Crippen LogP contribution in [0.1, 0.15) is 24.8 Å². The normalized spacial score (nSPS) is 12.0. The van der Waals surface area contributed by atoms with E-state index in [1.807, 2.05) is 30.3 Å². The van der Waals surface area contributed by atoms with E-state index in [9.17, 15) is 0 Å². The summed E-state index contributed by atoms with van der Waals surface area (Å²) in [6, 6.07) is 7.89. The molecule has 1 nitrogen and oxygen atoms in total. The van der Waals surface area contributed by atoms with E-state index in [-0.39, 0.29) is 5.92 Å². The van der Waals surface area contributed by atoms with Crippen molar-refractivity contribution in [3.05, 3.63) is 40.4 Å². The molecule has 0 amide bonds. The molecule has 0 saturated carbocycles. The van der Waals surface area contributed by atoms with Crippen LogP contribution in [-0.4, -0.2) is 7.11 Å². The number of allylic oxidation sites excluding steroid dienone is 1. The van der Waals surface area contributed by atoms with Gasteiger partial charge in [-0.2, -0.15) is 0 Å². The van der Waals surface area contributed by atoms with Gasteiger partial charge in [0.1, 0.15) is 10.2 Å². The van der Waals surface area contributed by atoms with Crippen molar-refractivity contribution in [1.29, 1.82) is 0 Å². The predicted octanol–water partition coefficient (Wildman–Crippen LogP) is 4.51. The molecule has 1 unspecified atom stereocenters. The lowest BCUT2D eigenvalue weighted by Crippen LogP contribution is -1.97. The third-order valence-electron chi connectivity index (χ3n) is 2.31. The Labute approximate surface area is 101 Å². The van der Waals surface area contributed by atoms with Gasteiger partial charge < -0.3 is 4.74 Å². The van der Waals surface area contributed by atoms with E-state index in [2.05, 4.69) is 6.92 Å². The summed E-state index contributed by atoms with van der Waals surface area (Å²) < 4.78 is 5.59. The number of halogens is 2. The third kappa shape index (κ3) is 3.44. The van der Waals surface area contributed by atoms with Gasteiger partial charge in [-0.3, -0.25) is 0 Å². The van der Waals surface area contributed by atoms with Crippen LogP contribution in [0, 0.1) is 0 Å². The van der Waals surface area contributed by atoms with Crippen molar-refractivity contribution in [1.82, 2.24) is 0 Å². The molecule has 3 heteroatoms. The summed E-state index contributed by atoms with van der Waals surface area (Å²) in [5.41, 5.74) is 1.11. The quantitative estimate of drug-likeness (QED) is 0.758. The second kappa shape index (κ2) is 6.04. The minimum Gasteiger partial charge on any atom is -0.496 e. The summed E-state index contributed by atoms with van der Waals surface area (Å²) in [6.07, 6.45) is 2.77. The molecule has 0 saturated heterocycles. The number of para-hydroxylation sites is 1. The number of benzene rings is 1. The molecule has 0 N–H and O–H groups in total. The molecular formula is C12H14Cl2O. The van der Waals surface area contributed by atoms with E-state index in [1.165, 1.54) is 0 Å². The monoisotopic (exact) mass is 244 g/mol. The van der Waals surface area contributed by atoms with Crippen molar-refractivity contribution in [2.75, 3.05) is 7.11 Å². The summed E-state index contributed by atoms with van der Waals surface area (Å²) >= 11 is 11.4. The summed E-state index contributed by atoms with van der Waals surface area (Å²) in [7, 11) is 1.66. The maximum atomic E-state index is 5.68. The molecule has 15 heavy (non-hydrogen) atoms. The Morgan fingerprint density at radius 2 is 2.07 bits per heavy atom. The lowest BCUT2D eigenvalue weighted by atomic mass is 9.96. The first-order valence-corrected chi connectivity index (χ1v) is 5.60. The maximum Gasteiger partial charge on any atom is 0.122 e. The van der Waals surface area contributed by atoms with Crippen LogP contribution < -0.4 is 4.74 Å². The molecule has 82 valence electrons. The zero-order valence-corrected chi connectivity index (χ0v) is 10.3. The fourth-order valence-electron chi connectivity index (χ4n) is 1.55. The molecule has 0 aliphatic rings. The van der Waals surface area contributed by atoms with Crippen LogP contribution in [-0.2, 0) is 0 Å². The zero-order valence-electron chi connectivity index (χ0n) is 8.84. The maximum absolute atomic E-state index is 5.68. The van der Waals surface area contributed by atoms with E-state index in [0.717, 1.165) is 17.7 Å². The average molecular weight is 245 g/mol. The molecule has 1 aromatic rings. The molecule has 0 aliphatic heterocycles. The second-order valence-corrected chi connectivity index (χ2v) is 4.22. The summed E-state index contributed by atoms with van der Waals surface area (Å²) in [6.45, 7) is 2.09. The van der Waals surface area contributed by atoms with Crippen LogP contribution in [0.25, 0.3) is 0 Å². The molecule has 1 aromatic carbocycles. The average Bonchev–Trinajstić information content (AvgIpc) is 2.25. The van der Waals surface area contributed by atoms with Crippen molar-refractivity contribution in [3.8, 4) is 5.75 Å². The van der Waals surface area contributed by atoms with Crippen molar-refractivity contribution in [2.45, 2.75) is 19.3 Å². The van der Waals surface area contributed by atoms with Crippen LogP contribution in [0.2, 0.25) is 0 Å². The van der Waals surface area contributed by atoms with Crippen molar-refractivity contribution >= 4 is 23.2 Å². The summed E-state index contributed by atoms with van der Waals surface area (Å²) in [5.74, 6) is 1.07. The first-order chi connectivity index (χ1) is 7.19. The van der Waals surface area contributed by atoms with Gasteiger partial charge in [0, 0.05) is 11.5 Å². The first kappa shape index (κ1) is 12.4. The number of hydrogen-bond donors (Lipinski definition) is 0. The van der Waals surface area contributed by atoms with Gasteiger partial charge in [-0.1, -0.05) is 48.3 Å². The molecule has 0 bridgehead atoms. The molecule has 1 rings (SSSR count). The Kier molecular flexibility index (Phi) is 5.00. The Hall–Kier alpha value is -0.660. The van der Waals surface area contributed by atoms with Crippen molar-refractivity contribution < 1.29 is 4.74 Å². The Morgan fingerprint density at radius 3 is 2.60 bits per heavy atom. The van der Waals surface area contributed by atoms with Crippen LogP contribution in [0.3, 0.4) is 0 Å². The van der Waals surface area contributed by atoms with Gasteiger partial charge in [0.25, 0.3) is 0 Å². The first-order valence-electron chi connectivity index (χ1n) is 4.84. The molecular weight excluding hydrogens is 231 g/mol. The Bertz CT molecular complexity index is 343. The minimum atomic E-state index is 0.200. The molecule has 1 atom stereocenters. The highest BCUT2D eigenvalue weighted by atomic mass is 35.5. The summed E-state index contributed by atoms with van der Waals surface area (Å²) in [5, 5.41) is 0.